The molecule has 0 aliphatic rings. The zero-order valence-corrected chi connectivity index (χ0v) is 12.9. The molecule has 0 fully saturated rings. The van der Waals surface area contributed by atoms with Gasteiger partial charge in [0.1, 0.15) is 5.75 Å². The summed E-state index contributed by atoms with van der Waals surface area (Å²) in [4.78, 5) is 2.37. The van der Waals surface area contributed by atoms with Crippen LogP contribution >= 0.6 is 0 Å². The largest absolute Gasteiger partial charge is 0.491 e. The van der Waals surface area contributed by atoms with Gasteiger partial charge in [-0.1, -0.05) is 24.3 Å². The molecule has 3 nitrogen and oxygen atoms in total. The normalized spacial score (nSPS) is 10.4. The van der Waals surface area contributed by atoms with Gasteiger partial charge < -0.3 is 15.4 Å². The summed E-state index contributed by atoms with van der Waals surface area (Å²) in [5.74, 6) is 0.774. The molecule has 0 aliphatic heterocycles. The highest BCUT2D eigenvalue weighted by molar-refractivity contribution is 5.51. The van der Waals surface area contributed by atoms with E-state index in [0.29, 0.717) is 12.3 Å². The van der Waals surface area contributed by atoms with Crippen molar-refractivity contribution in [1.29, 1.82) is 0 Å². The van der Waals surface area contributed by atoms with E-state index in [1.54, 1.807) is 0 Å². The molecule has 0 bridgehead atoms. The number of nitrogens with zero attached hydrogens (tertiary/aromatic N) is 1. The number of aryl methyl sites for hydroxylation is 1. The first-order chi connectivity index (χ1) is 10.2. The minimum absolute atomic E-state index is 0.677. The lowest BCUT2D eigenvalue weighted by atomic mass is 10.2. The van der Waals surface area contributed by atoms with Crippen molar-refractivity contribution in [2.75, 3.05) is 30.3 Å². The topological polar surface area (TPSA) is 38.5 Å². The van der Waals surface area contributed by atoms with Crippen molar-refractivity contribution < 1.29 is 4.74 Å². The van der Waals surface area contributed by atoms with E-state index in [-0.39, 0.29) is 0 Å². The molecule has 0 saturated carbocycles. The fourth-order valence-electron chi connectivity index (χ4n) is 2.34. The second-order valence-electron chi connectivity index (χ2n) is 5.16. The Hall–Kier alpha value is -2.16. The van der Waals surface area contributed by atoms with E-state index in [4.69, 9.17) is 10.5 Å². The van der Waals surface area contributed by atoms with E-state index in [1.807, 2.05) is 24.3 Å². The number of benzene rings is 2. The number of hydrogen-bond donors (Lipinski definition) is 1. The number of anilines is 2. The number of hydrogen-bond acceptors (Lipinski definition) is 3. The standard InChI is InChI=1S/C18H24N2O/c1-3-20(16-9-6-8-15(2)14-16)12-7-13-21-18-11-5-4-10-17(18)19/h4-6,8-11,14H,3,7,12-13,19H2,1-2H3. The predicted octanol–water partition coefficient (Wildman–Crippen LogP) is 3.87. The van der Waals surface area contributed by atoms with Crippen LogP contribution in [0.1, 0.15) is 18.9 Å². The van der Waals surface area contributed by atoms with Crippen LogP contribution in [0, 0.1) is 6.92 Å². The van der Waals surface area contributed by atoms with E-state index >= 15 is 0 Å². The monoisotopic (exact) mass is 284 g/mol. The summed E-state index contributed by atoms with van der Waals surface area (Å²) in [6.07, 6.45) is 0.968. The SMILES string of the molecule is CCN(CCCOc1ccccc1N)c1cccc(C)c1. The smallest absolute Gasteiger partial charge is 0.142 e. The zero-order chi connectivity index (χ0) is 15.1. The minimum atomic E-state index is 0.677. The van der Waals surface area contributed by atoms with Gasteiger partial charge in [-0.05, 0) is 50.1 Å². The molecule has 21 heavy (non-hydrogen) atoms. The van der Waals surface area contributed by atoms with Crippen molar-refractivity contribution in [3.8, 4) is 5.75 Å². The Kier molecular flexibility index (Phi) is 5.50. The first-order valence-electron chi connectivity index (χ1n) is 7.49. The third-order valence-corrected chi connectivity index (χ3v) is 3.50. The maximum atomic E-state index is 5.86. The Labute approximate surface area is 127 Å². The molecule has 0 aliphatic carbocycles. The van der Waals surface area contributed by atoms with Crippen LogP contribution in [0.2, 0.25) is 0 Å². The van der Waals surface area contributed by atoms with E-state index in [2.05, 4.69) is 43.0 Å². The molecule has 112 valence electrons. The summed E-state index contributed by atoms with van der Waals surface area (Å²) in [7, 11) is 0. The van der Waals surface area contributed by atoms with Crippen molar-refractivity contribution in [3.63, 3.8) is 0 Å². The lowest BCUT2D eigenvalue weighted by Crippen LogP contribution is -2.25. The number of para-hydroxylation sites is 2. The molecule has 2 rings (SSSR count). The highest BCUT2D eigenvalue weighted by Crippen LogP contribution is 2.20. The number of ether oxygens (including phenoxy) is 1. The maximum absolute atomic E-state index is 5.86. The minimum Gasteiger partial charge on any atom is -0.491 e. The first-order valence-corrected chi connectivity index (χ1v) is 7.49. The molecule has 0 amide bonds. The summed E-state index contributed by atoms with van der Waals surface area (Å²) >= 11 is 0. The molecule has 2 N–H and O–H groups in total. The summed E-state index contributed by atoms with van der Waals surface area (Å²) in [5, 5.41) is 0. The zero-order valence-electron chi connectivity index (χ0n) is 12.9. The first kappa shape index (κ1) is 15.2. The molecule has 0 aromatic heterocycles. The molecule has 2 aromatic rings. The van der Waals surface area contributed by atoms with Crippen LogP contribution in [0.15, 0.2) is 48.5 Å². The van der Waals surface area contributed by atoms with Crippen LogP contribution in [-0.4, -0.2) is 19.7 Å². The Morgan fingerprint density at radius 3 is 2.62 bits per heavy atom. The lowest BCUT2D eigenvalue weighted by Gasteiger charge is -2.23. The Morgan fingerprint density at radius 1 is 1.10 bits per heavy atom. The van der Waals surface area contributed by atoms with Gasteiger partial charge in [0.2, 0.25) is 0 Å². The van der Waals surface area contributed by atoms with Gasteiger partial charge in [0, 0.05) is 18.8 Å². The van der Waals surface area contributed by atoms with Gasteiger partial charge in [-0.3, -0.25) is 0 Å². The highest BCUT2D eigenvalue weighted by atomic mass is 16.5. The van der Waals surface area contributed by atoms with Crippen LogP contribution in [0.5, 0.6) is 5.75 Å². The van der Waals surface area contributed by atoms with Crippen LogP contribution in [0.25, 0.3) is 0 Å². The summed E-state index contributed by atoms with van der Waals surface area (Å²) in [6.45, 7) is 6.96. The molecule has 0 atom stereocenters. The molecule has 3 heteroatoms. The molecule has 0 radical (unpaired) electrons. The van der Waals surface area contributed by atoms with Gasteiger partial charge in [-0.25, -0.2) is 0 Å². The van der Waals surface area contributed by atoms with Crippen molar-refractivity contribution in [2.24, 2.45) is 0 Å². The second kappa shape index (κ2) is 7.58. The van der Waals surface area contributed by atoms with Crippen molar-refractivity contribution in [3.05, 3.63) is 54.1 Å². The fourth-order valence-corrected chi connectivity index (χ4v) is 2.34. The average molecular weight is 284 g/mol. The van der Waals surface area contributed by atoms with Crippen LogP contribution < -0.4 is 15.4 Å². The molecule has 0 unspecified atom stereocenters. The van der Waals surface area contributed by atoms with Gasteiger partial charge in [-0.2, -0.15) is 0 Å². The second-order valence-corrected chi connectivity index (χ2v) is 5.16. The van der Waals surface area contributed by atoms with Crippen LogP contribution in [0.3, 0.4) is 0 Å². The maximum Gasteiger partial charge on any atom is 0.142 e. The van der Waals surface area contributed by atoms with Gasteiger partial charge in [0.25, 0.3) is 0 Å². The van der Waals surface area contributed by atoms with Crippen molar-refractivity contribution in [2.45, 2.75) is 20.3 Å². The molecule has 0 saturated heterocycles. The quantitative estimate of drug-likeness (QED) is 0.619. The Morgan fingerprint density at radius 2 is 1.90 bits per heavy atom. The third kappa shape index (κ3) is 4.42. The summed E-state index contributed by atoms with van der Waals surface area (Å²) in [5.41, 5.74) is 9.12. The molecule has 2 aromatic carbocycles. The number of rotatable bonds is 7. The van der Waals surface area contributed by atoms with Gasteiger partial charge >= 0.3 is 0 Å². The Balaban J connectivity index is 1.83. The third-order valence-electron chi connectivity index (χ3n) is 3.50. The predicted molar refractivity (Wildman–Crippen MR) is 90.0 cm³/mol. The van der Waals surface area contributed by atoms with Gasteiger partial charge in [-0.15, -0.1) is 0 Å². The van der Waals surface area contributed by atoms with Crippen molar-refractivity contribution in [1.82, 2.24) is 0 Å². The Bertz CT molecular complexity index is 569. The lowest BCUT2D eigenvalue weighted by molar-refractivity contribution is 0.313. The van der Waals surface area contributed by atoms with E-state index in [1.165, 1.54) is 11.3 Å². The van der Waals surface area contributed by atoms with E-state index < -0.39 is 0 Å². The fraction of sp³-hybridized carbons (Fsp3) is 0.333. The highest BCUT2D eigenvalue weighted by Gasteiger charge is 2.04. The van der Waals surface area contributed by atoms with E-state index in [0.717, 1.165) is 25.3 Å². The van der Waals surface area contributed by atoms with Crippen LogP contribution in [-0.2, 0) is 0 Å². The molecule has 0 spiro atoms. The number of nitrogen functional groups attached to an aromatic ring is 1. The molecular weight excluding hydrogens is 260 g/mol. The van der Waals surface area contributed by atoms with Gasteiger partial charge in [0.05, 0.1) is 12.3 Å². The van der Waals surface area contributed by atoms with Crippen LogP contribution in [0.4, 0.5) is 11.4 Å². The molecular formula is C18H24N2O. The van der Waals surface area contributed by atoms with Gasteiger partial charge in [0.15, 0.2) is 0 Å². The summed E-state index contributed by atoms with van der Waals surface area (Å²) in [6, 6.07) is 16.2. The average Bonchev–Trinajstić information content (AvgIpc) is 2.49. The summed E-state index contributed by atoms with van der Waals surface area (Å²) < 4.78 is 5.74. The van der Waals surface area contributed by atoms with Crippen molar-refractivity contribution >= 4 is 11.4 Å². The molecule has 0 heterocycles. The van der Waals surface area contributed by atoms with E-state index in [9.17, 15) is 0 Å². The number of nitrogens with two attached hydrogens (primary N) is 1.